The fourth-order valence-electron chi connectivity index (χ4n) is 1.60. The van der Waals surface area contributed by atoms with E-state index >= 15 is 0 Å². The summed E-state index contributed by atoms with van der Waals surface area (Å²) in [6, 6.07) is 0.287. The quantitative estimate of drug-likeness (QED) is 0.854. The molecule has 5 heteroatoms. The number of aromatic nitrogens is 2. The highest BCUT2D eigenvalue weighted by molar-refractivity contribution is 7.99. The summed E-state index contributed by atoms with van der Waals surface area (Å²) in [5.41, 5.74) is 0. The summed E-state index contributed by atoms with van der Waals surface area (Å²) in [5, 5.41) is 7.94. The van der Waals surface area contributed by atoms with Crippen LogP contribution in [0.4, 0.5) is 0 Å². The molecule has 1 fully saturated rings. The monoisotopic (exact) mass is 227 g/mol. The van der Waals surface area contributed by atoms with Crippen LogP contribution in [0.5, 0.6) is 0 Å². The lowest BCUT2D eigenvalue weighted by Crippen LogP contribution is -2.13. The van der Waals surface area contributed by atoms with Crippen molar-refractivity contribution in [2.24, 2.45) is 0 Å². The third-order valence-corrected chi connectivity index (χ3v) is 3.48. The first-order valence-corrected chi connectivity index (χ1v) is 6.48. The fraction of sp³-hybridized carbons (Fsp3) is 0.800. The Morgan fingerprint density at radius 2 is 2.47 bits per heavy atom. The molecule has 1 N–H and O–H groups in total. The predicted molar refractivity (Wildman–Crippen MR) is 60.7 cm³/mol. The summed E-state index contributed by atoms with van der Waals surface area (Å²) >= 11 is 1.83. The Morgan fingerprint density at radius 3 is 3.13 bits per heavy atom. The van der Waals surface area contributed by atoms with Gasteiger partial charge in [0.25, 0.3) is 0 Å². The summed E-state index contributed by atoms with van der Waals surface area (Å²) in [7, 11) is 0. The molecule has 2 rings (SSSR count). The Balaban J connectivity index is 1.91. The van der Waals surface area contributed by atoms with Crippen molar-refractivity contribution in [3.8, 4) is 0 Å². The molecular weight excluding hydrogens is 210 g/mol. The highest BCUT2D eigenvalue weighted by Gasteiger charge is 2.22. The van der Waals surface area contributed by atoms with E-state index in [1.165, 1.54) is 6.42 Å². The molecular formula is C10H17N3OS. The number of thioether (sulfide) groups is 1. The molecule has 0 unspecified atom stereocenters. The zero-order valence-electron chi connectivity index (χ0n) is 9.19. The second-order valence-corrected chi connectivity index (χ2v) is 5.62. The van der Waals surface area contributed by atoms with Gasteiger partial charge in [-0.2, -0.15) is 16.7 Å². The van der Waals surface area contributed by atoms with Crippen molar-refractivity contribution < 1.29 is 4.52 Å². The molecule has 1 atom stereocenters. The summed E-state index contributed by atoms with van der Waals surface area (Å²) < 4.78 is 5.24. The molecule has 0 bridgehead atoms. The lowest BCUT2D eigenvalue weighted by Gasteiger charge is -2.01. The van der Waals surface area contributed by atoms with Crippen LogP contribution in [-0.4, -0.2) is 21.9 Å². The normalized spacial score (nSPS) is 21.4. The summed E-state index contributed by atoms with van der Waals surface area (Å²) in [6.45, 7) is 5.40. The third kappa shape index (κ3) is 2.95. The van der Waals surface area contributed by atoms with E-state index in [1.807, 2.05) is 11.8 Å². The molecule has 84 valence electrons. The largest absolute Gasteiger partial charge is 0.338 e. The summed E-state index contributed by atoms with van der Waals surface area (Å²) in [6.07, 6.45) is 2.31. The molecule has 0 aromatic carbocycles. The fourth-order valence-corrected chi connectivity index (χ4v) is 2.20. The minimum atomic E-state index is 0.287. The molecule has 1 saturated heterocycles. The maximum Gasteiger partial charge on any atom is 0.243 e. The maximum atomic E-state index is 5.24. The van der Waals surface area contributed by atoms with Crippen molar-refractivity contribution in [3.05, 3.63) is 11.7 Å². The lowest BCUT2D eigenvalue weighted by molar-refractivity contribution is 0.342. The van der Waals surface area contributed by atoms with E-state index in [-0.39, 0.29) is 6.04 Å². The van der Waals surface area contributed by atoms with Crippen LogP contribution in [0.2, 0.25) is 0 Å². The molecule has 0 saturated carbocycles. The Hall–Kier alpha value is -0.550. The van der Waals surface area contributed by atoms with Gasteiger partial charge in [0.1, 0.15) is 0 Å². The van der Waals surface area contributed by atoms with E-state index in [1.54, 1.807) is 0 Å². The van der Waals surface area contributed by atoms with Gasteiger partial charge < -0.3 is 9.84 Å². The van der Waals surface area contributed by atoms with Gasteiger partial charge in [0.05, 0.1) is 11.8 Å². The number of nitrogens with zero attached hydrogens (tertiary/aromatic N) is 2. The minimum absolute atomic E-state index is 0.287. The summed E-state index contributed by atoms with van der Waals surface area (Å²) in [5.74, 6) is 2.41. The van der Waals surface area contributed by atoms with Gasteiger partial charge in [-0.3, -0.25) is 0 Å². The van der Waals surface area contributed by atoms with Crippen LogP contribution in [-0.2, 0) is 5.75 Å². The lowest BCUT2D eigenvalue weighted by atomic mass is 10.2. The maximum absolute atomic E-state index is 5.24. The zero-order chi connectivity index (χ0) is 10.7. The molecule has 1 aromatic heterocycles. The van der Waals surface area contributed by atoms with Crippen molar-refractivity contribution in [2.75, 3.05) is 6.54 Å². The smallest absolute Gasteiger partial charge is 0.243 e. The molecule has 15 heavy (non-hydrogen) atoms. The van der Waals surface area contributed by atoms with E-state index in [2.05, 4.69) is 29.3 Å². The molecule has 1 aliphatic heterocycles. The van der Waals surface area contributed by atoms with Crippen LogP contribution in [0, 0.1) is 0 Å². The third-order valence-electron chi connectivity index (χ3n) is 2.39. The number of nitrogens with one attached hydrogen (secondary N) is 1. The Bertz CT molecular complexity index is 307. The minimum Gasteiger partial charge on any atom is -0.338 e. The number of hydrogen-bond acceptors (Lipinski definition) is 5. The number of hydrogen-bond donors (Lipinski definition) is 1. The molecule has 0 radical (unpaired) electrons. The van der Waals surface area contributed by atoms with Crippen molar-refractivity contribution in [1.82, 2.24) is 15.5 Å². The predicted octanol–water partition coefficient (Wildman–Crippen LogP) is 2.14. The van der Waals surface area contributed by atoms with E-state index < -0.39 is 0 Å². The van der Waals surface area contributed by atoms with Gasteiger partial charge in [-0.25, -0.2) is 0 Å². The van der Waals surface area contributed by atoms with E-state index in [4.69, 9.17) is 4.52 Å². The Labute approximate surface area is 94.2 Å². The Morgan fingerprint density at radius 1 is 1.60 bits per heavy atom. The Kier molecular flexibility index (Phi) is 3.64. The molecule has 2 heterocycles. The van der Waals surface area contributed by atoms with Gasteiger partial charge in [0.15, 0.2) is 5.82 Å². The highest BCUT2D eigenvalue weighted by Crippen LogP contribution is 2.22. The van der Waals surface area contributed by atoms with Crippen LogP contribution >= 0.6 is 11.8 Å². The summed E-state index contributed by atoms with van der Waals surface area (Å²) in [4.78, 5) is 4.40. The molecule has 1 aromatic rings. The first-order valence-electron chi connectivity index (χ1n) is 5.43. The van der Waals surface area contributed by atoms with Gasteiger partial charge in [0.2, 0.25) is 5.89 Å². The average molecular weight is 227 g/mol. The topological polar surface area (TPSA) is 51.0 Å². The van der Waals surface area contributed by atoms with Gasteiger partial charge in [0, 0.05) is 0 Å². The molecule has 4 nitrogen and oxygen atoms in total. The van der Waals surface area contributed by atoms with Gasteiger partial charge in [-0.1, -0.05) is 19.0 Å². The molecule has 0 aliphatic carbocycles. The molecule has 1 aliphatic rings. The average Bonchev–Trinajstić information content (AvgIpc) is 2.85. The van der Waals surface area contributed by atoms with Crippen molar-refractivity contribution in [3.63, 3.8) is 0 Å². The van der Waals surface area contributed by atoms with Gasteiger partial charge >= 0.3 is 0 Å². The highest BCUT2D eigenvalue weighted by atomic mass is 32.2. The van der Waals surface area contributed by atoms with Crippen LogP contribution in [0.15, 0.2) is 4.52 Å². The zero-order valence-corrected chi connectivity index (χ0v) is 10.0. The van der Waals surface area contributed by atoms with Gasteiger partial charge in [-0.05, 0) is 24.6 Å². The van der Waals surface area contributed by atoms with Crippen molar-refractivity contribution in [1.29, 1.82) is 0 Å². The number of rotatable bonds is 4. The second kappa shape index (κ2) is 4.99. The van der Waals surface area contributed by atoms with Crippen LogP contribution in [0.1, 0.15) is 44.4 Å². The van der Waals surface area contributed by atoms with Crippen LogP contribution in [0.3, 0.4) is 0 Å². The molecule has 0 spiro atoms. The standard InChI is InChI=1S/C10H17N3OS/c1-7(2)15-6-9-12-10(14-13-9)8-4-3-5-11-8/h7-8,11H,3-6H2,1-2H3/t8-/m0/s1. The van der Waals surface area contributed by atoms with E-state index in [9.17, 15) is 0 Å². The van der Waals surface area contributed by atoms with Crippen molar-refractivity contribution >= 4 is 11.8 Å². The first kappa shape index (κ1) is 11.0. The van der Waals surface area contributed by atoms with Crippen molar-refractivity contribution in [2.45, 2.75) is 43.7 Å². The van der Waals surface area contributed by atoms with Crippen LogP contribution < -0.4 is 5.32 Å². The van der Waals surface area contributed by atoms with Gasteiger partial charge in [-0.15, -0.1) is 0 Å². The first-order chi connectivity index (χ1) is 7.25. The van der Waals surface area contributed by atoms with E-state index in [0.29, 0.717) is 5.25 Å². The van der Waals surface area contributed by atoms with E-state index in [0.717, 1.165) is 30.4 Å². The second-order valence-electron chi connectivity index (χ2n) is 4.06. The van der Waals surface area contributed by atoms with Crippen LogP contribution in [0.25, 0.3) is 0 Å². The SMILES string of the molecule is CC(C)SCc1noc([C@@H]2CCCN2)n1. The molecule has 0 amide bonds.